The number of carbonyl (C=O) groups excluding carboxylic acids is 2. The van der Waals surface area contributed by atoms with Gasteiger partial charge >= 0.3 is 6.03 Å². The number of amides is 3. The number of benzene rings is 2. The van der Waals surface area contributed by atoms with E-state index >= 15 is 0 Å². The Balaban J connectivity index is 1.94. The van der Waals surface area contributed by atoms with Gasteiger partial charge in [-0.05, 0) is 36.8 Å². The van der Waals surface area contributed by atoms with Gasteiger partial charge in [0, 0.05) is 11.4 Å². The van der Waals surface area contributed by atoms with E-state index in [0.717, 1.165) is 5.56 Å². The van der Waals surface area contributed by atoms with Crippen LogP contribution >= 0.6 is 0 Å². The van der Waals surface area contributed by atoms with E-state index in [0.29, 0.717) is 22.5 Å². The number of nitriles is 1. The van der Waals surface area contributed by atoms with Gasteiger partial charge in [-0.25, -0.2) is 4.79 Å². The number of anilines is 1. The maximum absolute atomic E-state index is 12.8. The Labute approximate surface area is 145 Å². The summed E-state index contributed by atoms with van der Waals surface area (Å²) in [6, 6.07) is 17.0. The van der Waals surface area contributed by atoms with E-state index in [4.69, 9.17) is 5.26 Å². The van der Waals surface area contributed by atoms with Crippen LogP contribution in [0.5, 0.6) is 0 Å². The zero-order valence-corrected chi connectivity index (χ0v) is 13.5. The maximum atomic E-state index is 12.8. The number of para-hydroxylation sites is 1. The molecule has 1 aliphatic rings. The third-order valence-electron chi connectivity index (χ3n) is 3.92. The van der Waals surface area contributed by atoms with Crippen LogP contribution < -0.4 is 16.0 Å². The van der Waals surface area contributed by atoms with Crippen LogP contribution in [0.25, 0.3) is 0 Å². The summed E-state index contributed by atoms with van der Waals surface area (Å²) in [5.41, 5.74) is 2.83. The quantitative estimate of drug-likeness (QED) is 0.806. The molecule has 1 heterocycles. The summed E-state index contributed by atoms with van der Waals surface area (Å²) in [6.07, 6.45) is 0. The van der Waals surface area contributed by atoms with Gasteiger partial charge in [0.2, 0.25) is 0 Å². The van der Waals surface area contributed by atoms with Crippen LogP contribution in [0.1, 0.15) is 24.1 Å². The van der Waals surface area contributed by atoms with Gasteiger partial charge in [0.1, 0.15) is 0 Å². The monoisotopic (exact) mass is 332 g/mol. The second kappa shape index (κ2) is 6.89. The molecule has 0 aromatic heterocycles. The van der Waals surface area contributed by atoms with Crippen molar-refractivity contribution in [2.24, 2.45) is 0 Å². The molecule has 3 amide bonds. The first-order valence-electron chi connectivity index (χ1n) is 7.73. The molecule has 0 fully saturated rings. The molecular weight excluding hydrogens is 316 g/mol. The summed E-state index contributed by atoms with van der Waals surface area (Å²) < 4.78 is 0. The second-order valence-electron chi connectivity index (χ2n) is 5.62. The van der Waals surface area contributed by atoms with E-state index in [-0.39, 0.29) is 11.9 Å². The molecule has 124 valence electrons. The van der Waals surface area contributed by atoms with Crippen molar-refractivity contribution in [1.82, 2.24) is 10.6 Å². The van der Waals surface area contributed by atoms with Crippen molar-refractivity contribution in [2.45, 2.75) is 13.0 Å². The summed E-state index contributed by atoms with van der Waals surface area (Å²) in [6.45, 7) is 1.69. The van der Waals surface area contributed by atoms with Gasteiger partial charge in [0.25, 0.3) is 5.91 Å². The van der Waals surface area contributed by atoms with Gasteiger partial charge in [-0.3, -0.25) is 4.79 Å². The zero-order valence-electron chi connectivity index (χ0n) is 13.5. The first kappa shape index (κ1) is 16.3. The summed E-state index contributed by atoms with van der Waals surface area (Å²) in [4.78, 5) is 24.6. The summed E-state index contributed by atoms with van der Waals surface area (Å²) in [5, 5.41) is 17.2. The minimum absolute atomic E-state index is 0.300. The molecule has 2 aromatic carbocycles. The lowest BCUT2D eigenvalue weighted by atomic mass is 9.94. The molecular formula is C19H16N4O2. The maximum Gasteiger partial charge on any atom is 0.319 e. The number of rotatable bonds is 3. The van der Waals surface area contributed by atoms with Crippen LogP contribution in [0.3, 0.4) is 0 Å². The third-order valence-corrected chi connectivity index (χ3v) is 3.92. The lowest BCUT2D eigenvalue weighted by Gasteiger charge is -2.28. The highest BCUT2D eigenvalue weighted by Gasteiger charge is 2.31. The highest BCUT2D eigenvalue weighted by atomic mass is 16.2. The number of nitrogens with zero attached hydrogens (tertiary/aromatic N) is 1. The molecule has 1 atom stereocenters. The van der Waals surface area contributed by atoms with Crippen LogP contribution in [-0.2, 0) is 4.79 Å². The molecule has 0 saturated carbocycles. The molecule has 0 aliphatic carbocycles. The molecule has 6 nitrogen and oxygen atoms in total. The van der Waals surface area contributed by atoms with Crippen LogP contribution in [0.15, 0.2) is 65.9 Å². The van der Waals surface area contributed by atoms with Crippen LogP contribution in [0.4, 0.5) is 10.5 Å². The van der Waals surface area contributed by atoms with E-state index in [1.54, 1.807) is 43.3 Å². The number of nitrogens with one attached hydrogen (secondary N) is 3. The van der Waals surface area contributed by atoms with Crippen molar-refractivity contribution < 1.29 is 9.59 Å². The lowest BCUT2D eigenvalue weighted by Crippen LogP contribution is -2.45. The summed E-state index contributed by atoms with van der Waals surface area (Å²) in [5.74, 6) is -0.300. The molecule has 1 unspecified atom stereocenters. The van der Waals surface area contributed by atoms with Gasteiger partial charge in [0.05, 0.1) is 23.2 Å². The van der Waals surface area contributed by atoms with E-state index in [2.05, 4.69) is 22.0 Å². The standard InChI is InChI=1S/C19H16N4O2/c1-12-16(18(24)22-15-5-3-2-4-6-15)17(23-19(25)21-12)14-9-7-13(11-20)8-10-14/h2-10,17H,1H3,(H,22,24)(H2,21,23,25). The van der Waals surface area contributed by atoms with Crippen molar-refractivity contribution in [3.05, 3.63) is 77.0 Å². The molecule has 25 heavy (non-hydrogen) atoms. The van der Waals surface area contributed by atoms with Crippen molar-refractivity contribution in [1.29, 1.82) is 5.26 Å². The fraction of sp³-hybridized carbons (Fsp3) is 0.105. The highest BCUT2D eigenvalue weighted by molar-refractivity contribution is 6.06. The van der Waals surface area contributed by atoms with Crippen molar-refractivity contribution >= 4 is 17.6 Å². The lowest BCUT2D eigenvalue weighted by molar-refractivity contribution is -0.113. The minimum atomic E-state index is -0.592. The normalized spacial score (nSPS) is 16.5. The van der Waals surface area contributed by atoms with Crippen LogP contribution in [0, 0.1) is 11.3 Å². The first-order valence-corrected chi connectivity index (χ1v) is 7.73. The summed E-state index contributed by atoms with van der Waals surface area (Å²) in [7, 11) is 0. The Bertz CT molecular complexity index is 880. The number of carbonyl (C=O) groups is 2. The Morgan fingerprint density at radius 2 is 1.80 bits per heavy atom. The molecule has 6 heteroatoms. The van der Waals surface area contributed by atoms with Gasteiger partial charge in [-0.15, -0.1) is 0 Å². The van der Waals surface area contributed by atoms with E-state index in [1.165, 1.54) is 0 Å². The first-order chi connectivity index (χ1) is 12.1. The molecule has 0 spiro atoms. The van der Waals surface area contributed by atoms with E-state index in [1.807, 2.05) is 18.2 Å². The molecule has 0 radical (unpaired) electrons. The highest BCUT2D eigenvalue weighted by Crippen LogP contribution is 2.28. The molecule has 3 rings (SSSR count). The number of hydrogen-bond acceptors (Lipinski definition) is 3. The Kier molecular flexibility index (Phi) is 4.48. The van der Waals surface area contributed by atoms with Gasteiger partial charge in [-0.2, -0.15) is 5.26 Å². The average Bonchev–Trinajstić information content (AvgIpc) is 2.62. The number of urea groups is 1. The Morgan fingerprint density at radius 1 is 1.12 bits per heavy atom. The van der Waals surface area contributed by atoms with Crippen LogP contribution in [0.2, 0.25) is 0 Å². The van der Waals surface area contributed by atoms with Gasteiger partial charge in [-0.1, -0.05) is 30.3 Å². The topological polar surface area (TPSA) is 94.0 Å². The number of hydrogen-bond donors (Lipinski definition) is 3. The molecule has 2 aromatic rings. The molecule has 0 saturated heterocycles. The van der Waals surface area contributed by atoms with E-state index < -0.39 is 6.04 Å². The Hall–Kier alpha value is -3.59. The van der Waals surface area contributed by atoms with Crippen LogP contribution in [-0.4, -0.2) is 11.9 Å². The fourth-order valence-electron chi connectivity index (χ4n) is 2.71. The van der Waals surface area contributed by atoms with Crippen molar-refractivity contribution in [2.75, 3.05) is 5.32 Å². The number of allylic oxidation sites excluding steroid dienone is 1. The molecule has 3 N–H and O–H groups in total. The van der Waals surface area contributed by atoms with Crippen molar-refractivity contribution in [3.8, 4) is 6.07 Å². The molecule has 0 bridgehead atoms. The second-order valence-corrected chi connectivity index (χ2v) is 5.62. The zero-order chi connectivity index (χ0) is 17.8. The Morgan fingerprint density at radius 3 is 2.44 bits per heavy atom. The van der Waals surface area contributed by atoms with Crippen molar-refractivity contribution in [3.63, 3.8) is 0 Å². The van der Waals surface area contributed by atoms with Gasteiger partial charge < -0.3 is 16.0 Å². The minimum Gasteiger partial charge on any atom is -0.327 e. The summed E-state index contributed by atoms with van der Waals surface area (Å²) >= 11 is 0. The molecule has 1 aliphatic heterocycles. The fourth-order valence-corrected chi connectivity index (χ4v) is 2.71. The SMILES string of the molecule is CC1=C(C(=O)Nc2ccccc2)C(c2ccc(C#N)cc2)NC(=O)N1. The largest absolute Gasteiger partial charge is 0.327 e. The predicted octanol–water partition coefficient (Wildman–Crippen LogP) is 2.82. The smallest absolute Gasteiger partial charge is 0.319 e. The van der Waals surface area contributed by atoms with E-state index in [9.17, 15) is 9.59 Å². The average molecular weight is 332 g/mol. The predicted molar refractivity (Wildman–Crippen MR) is 93.3 cm³/mol. The van der Waals surface area contributed by atoms with Gasteiger partial charge in [0.15, 0.2) is 0 Å². The third kappa shape index (κ3) is 3.51.